The van der Waals surface area contributed by atoms with E-state index in [2.05, 4.69) is 21.2 Å². The molecule has 6 heteroatoms. The molecule has 0 aliphatic carbocycles. The van der Waals surface area contributed by atoms with Crippen molar-refractivity contribution < 1.29 is 5.11 Å². The monoisotopic (exact) mass is 379 g/mol. The number of halogens is 4. The van der Waals surface area contributed by atoms with Crippen LogP contribution >= 0.6 is 50.7 Å². The summed E-state index contributed by atoms with van der Waals surface area (Å²) in [5, 5.41) is 14.3. The molecule has 0 aliphatic rings. The van der Waals surface area contributed by atoms with Crippen molar-refractivity contribution >= 4 is 56.4 Å². The van der Waals surface area contributed by atoms with Gasteiger partial charge in [0.2, 0.25) is 0 Å². The van der Waals surface area contributed by atoms with E-state index in [1.54, 1.807) is 12.1 Å². The van der Waals surface area contributed by atoms with Gasteiger partial charge < -0.3 is 10.4 Å². The Hall–Kier alpha value is -0.610. The Morgan fingerprint density at radius 1 is 1.05 bits per heavy atom. The van der Waals surface area contributed by atoms with Crippen LogP contribution in [0.15, 0.2) is 34.8 Å². The van der Waals surface area contributed by atoms with E-state index < -0.39 is 0 Å². The summed E-state index contributed by atoms with van der Waals surface area (Å²) >= 11 is 21.2. The van der Waals surface area contributed by atoms with Gasteiger partial charge >= 0.3 is 0 Å². The lowest BCUT2D eigenvalue weighted by Crippen LogP contribution is -2.00. The fourth-order valence-corrected chi connectivity index (χ4v) is 2.85. The maximum atomic E-state index is 9.84. The summed E-state index contributed by atoms with van der Waals surface area (Å²) in [6, 6.07) is 8.65. The van der Waals surface area contributed by atoms with Crippen LogP contribution < -0.4 is 5.32 Å². The zero-order chi connectivity index (χ0) is 14.0. The molecule has 0 amide bonds. The predicted octanol–water partition coefficient (Wildman–Crippen LogP) is 5.73. The smallest absolute Gasteiger partial charge is 0.139 e. The van der Waals surface area contributed by atoms with Gasteiger partial charge in [0.05, 0.1) is 15.7 Å². The van der Waals surface area contributed by atoms with Crippen LogP contribution in [0.25, 0.3) is 0 Å². The molecule has 0 bridgehead atoms. The number of phenolic OH excluding ortho intramolecular Hbond substituents is 1. The summed E-state index contributed by atoms with van der Waals surface area (Å²) in [7, 11) is 0. The van der Waals surface area contributed by atoms with Gasteiger partial charge in [-0.2, -0.15) is 0 Å². The lowest BCUT2D eigenvalue weighted by molar-refractivity contribution is 0.469. The number of aromatic hydroxyl groups is 1. The first kappa shape index (κ1) is 14.8. The second-order valence-electron chi connectivity index (χ2n) is 3.87. The second kappa shape index (κ2) is 6.23. The van der Waals surface area contributed by atoms with Crippen LogP contribution in [-0.2, 0) is 6.54 Å². The number of hydrogen-bond acceptors (Lipinski definition) is 2. The minimum absolute atomic E-state index is 0.0202. The van der Waals surface area contributed by atoms with Crippen molar-refractivity contribution in [2.24, 2.45) is 0 Å². The van der Waals surface area contributed by atoms with E-state index in [0.717, 1.165) is 10.2 Å². The quantitative estimate of drug-likeness (QED) is 0.712. The summed E-state index contributed by atoms with van der Waals surface area (Å²) in [5.74, 6) is 0.0202. The molecule has 0 atom stereocenters. The van der Waals surface area contributed by atoms with E-state index in [-0.39, 0.29) is 10.8 Å². The second-order valence-corrected chi connectivity index (χ2v) is 6.04. The van der Waals surface area contributed by atoms with Crippen LogP contribution in [-0.4, -0.2) is 5.11 Å². The van der Waals surface area contributed by atoms with E-state index in [0.29, 0.717) is 22.2 Å². The molecule has 2 rings (SSSR count). The fraction of sp³-hybridized carbons (Fsp3) is 0.0769. The van der Waals surface area contributed by atoms with Gasteiger partial charge in [0.25, 0.3) is 0 Å². The summed E-state index contributed by atoms with van der Waals surface area (Å²) in [5.41, 5.74) is 1.37. The normalized spacial score (nSPS) is 10.5. The highest BCUT2D eigenvalue weighted by Crippen LogP contribution is 2.32. The third-order valence-corrected chi connectivity index (χ3v) is 3.82. The summed E-state index contributed by atoms with van der Waals surface area (Å²) < 4.78 is 0.900. The first-order valence-corrected chi connectivity index (χ1v) is 7.26. The highest BCUT2D eigenvalue weighted by atomic mass is 79.9. The summed E-state index contributed by atoms with van der Waals surface area (Å²) in [4.78, 5) is 0. The molecular formula is C13H9BrCl3NO. The fourth-order valence-electron chi connectivity index (χ4n) is 1.58. The Balaban J connectivity index is 2.19. The predicted molar refractivity (Wildman–Crippen MR) is 84.6 cm³/mol. The summed E-state index contributed by atoms with van der Waals surface area (Å²) in [6.45, 7) is 0.369. The standard InChI is InChI=1S/C13H9BrCl3NO/c14-8-1-2-12(10(16)4-8)18-6-7-3-9(15)5-11(17)13(7)19/h1-5,18-19H,6H2. The van der Waals surface area contributed by atoms with Crippen LogP contribution in [0.4, 0.5) is 5.69 Å². The molecule has 2 N–H and O–H groups in total. The first-order valence-electron chi connectivity index (χ1n) is 5.33. The number of phenols is 1. The minimum Gasteiger partial charge on any atom is -0.506 e. The molecule has 0 aromatic heterocycles. The average Bonchev–Trinajstić information content (AvgIpc) is 2.33. The van der Waals surface area contributed by atoms with E-state index in [1.165, 1.54) is 6.07 Å². The maximum absolute atomic E-state index is 9.84. The molecule has 0 unspecified atom stereocenters. The Bertz CT molecular complexity index is 619. The summed E-state index contributed by atoms with van der Waals surface area (Å²) in [6.07, 6.45) is 0. The molecule has 0 saturated heterocycles. The lowest BCUT2D eigenvalue weighted by atomic mass is 10.2. The lowest BCUT2D eigenvalue weighted by Gasteiger charge is -2.11. The highest BCUT2D eigenvalue weighted by Gasteiger charge is 2.08. The average molecular weight is 381 g/mol. The number of anilines is 1. The Morgan fingerprint density at radius 3 is 2.47 bits per heavy atom. The van der Waals surface area contributed by atoms with Crippen LogP contribution in [0.5, 0.6) is 5.75 Å². The van der Waals surface area contributed by atoms with Crippen molar-refractivity contribution in [2.75, 3.05) is 5.32 Å². The van der Waals surface area contributed by atoms with Gasteiger partial charge in [-0.05, 0) is 30.3 Å². The SMILES string of the molecule is Oc1c(Cl)cc(Cl)cc1CNc1ccc(Br)cc1Cl. The topological polar surface area (TPSA) is 32.3 Å². The molecule has 19 heavy (non-hydrogen) atoms. The van der Waals surface area contributed by atoms with Crippen LogP contribution in [0.1, 0.15) is 5.56 Å². The van der Waals surface area contributed by atoms with Crippen LogP contribution in [0, 0.1) is 0 Å². The van der Waals surface area contributed by atoms with Gasteiger partial charge in [0.1, 0.15) is 5.75 Å². The van der Waals surface area contributed by atoms with Gasteiger partial charge in [0.15, 0.2) is 0 Å². The number of rotatable bonds is 3. The first-order chi connectivity index (χ1) is 8.97. The minimum atomic E-state index is 0.0202. The van der Waals surface area contributed by atoms with Gasteiger partial charge in [0, 0.05) is 21.6 Å². The zero-order valence-corrected chi connectivity index (χ0v) is 13.4. The third-order valence-electron chi connectivity index (χ3n) is 2.51. The van der Waals surface area contributed by atoms with Crippen LogP contribution in [0.3, 0.4) is 0 Å². The van der Waals surface area contributed by atoms with Crippen molar-refractivity contribution in [3.8, 4) is 5.75 Å². The maximum Gasteiger partial charge on any atom is 0.139 e. The zero-order valence-electron chi connectivity index (χ0n) is 9.55. The Labute approximate surface area is 134 Å². The molecule has 0 saturated carbocycles. The molecule has 2 aromatic rings. The molecule has 0 radical (unpaired) electrons. The van der Waals surface area contributed by atoms with Crippen LogP contribution in [0.2, 0.25) is 15.1 Å². The van der Waals surface area contributed by atoms with Gasteiger partial charge in [-0.15, -0.1) is 0 Å². The van der Waals surface area contributed by atoms with Crippen molar-refractivity contribution in [3.05, 3.63) is 55.4 Å². The van der Waals surface area contributed by atoms with Gasteiger partial charge in [-0.3, -0.25) is 0 Å². The molecule has 0 fully saturated rings. The van der Waals surface area contributed by atoms with Crippen molar-refractivity contribution in [2.45, 2.75) is 6.54 Å². The van der Waals surface area contributed by atoms with Gasteiger partial charge in [-0.25, -0.2) is 0 Å². The molecule has 0 aliphatic heterocycles. The Kier molecular flexibility index (Phi) is 4.85. The highest BCUT2D eigenvalue weighted by molar-refractivity contribution is 9.10. The molecule has 2 nitrogen and oxygen atoms in total. The van der Waals surface area contributed by atoms with Crippen molar-refractivity contribution in [1.29, 1.82) is 0 Å². The number of hydrogen-bond donors (Lipinski definition) is 2. The molecule has 0 spiro atoms. The molecule has 100 valence electrons. The van der Waals surface area contributed by atoms with Crippen molar-refractivity contribution in [1.82, 2.24) is 0 Å². The third kappa shape index (κ3) is 3.69. The number of benzene rings is 2. The van der Waals surface area contributed by atoms with E-state index in [1.807, 2.05) is 12.1 Å². The van der Waals surface area contributed by atoms with E-state index >= 15 is 0 Å². The molecule has 0 heterocycles. The van der Waals surface area contributed by atoms with E-state index in [4.69, 9.17) is 34.8 Å². The van der Waals surface area contributed by atoms with Crippen molar-refractivity contribution in [3.63, 3.8) is 0 Å². The number of nitrogens with one attached hydrogen (secondary N) is 1. The van der Waals surface area contributed by atoms with Gasteiger partial charge in [-0.1, -0.05) is 50.7 Å². The largest absolute Gasteiger partial charge is 0.506 e. The van der Waals surface area contributed by atoms with E-state index in [9.17, 15) is 5.11 Å². The molecule has 2 aromatic carbocycles. The molecular weight excluding hydrogens is 372 g/mol. The Morgan fingerprint density at radius 2 is 1.79 bits per heavy atom.